The SMILES string of the molecule is COc1ccc(C(C#N)=Cc2ccc(O)cc2O)cc1OC. The highest BCUT2D eigenvalue weighted by Crippen LogP contribution is 2.32. The number of benzene rings is 2. The molecule has 0 bridgehead atoms. The molecule has 0 spiro atoms. The van der Waals surface area contributed by atoms with Crippen LogP contribution in [0.15, 0.2) is 36.4 Å². The third-order valence-electron chi connectivity index (χ3n) is 3.13. The van der Waals surface area contributed by atoms with Crippen LogP contribution in [0, 0.1) is 11.3 Å². The molecular weight excluding hydrogens is 282 g/mol. The van der Waals surface area contributed by atoms with Gasteiger partial charge in [-0.05, 0) is 42.0 Å². The molecule has 2 aromatic rings. The number of allylic oxidation sites excluding steroid dienone is 1. The highest BCUT2D eigenvalue weighted by Gasteiger charge is 2.09. The molecule has 0 saturated heterocycles. The topological polar surface area (TPSA) is 82.7 Å². The van der Waals surface area contributed by atoms with Gasteiger partial charge >= 0.3 is 0 Å². The van der Waals surface area contributed by atoms with Crippen LogP contribution in [-0.2, 0) is 0 Å². The maximum absolute atomic E-state index is 9.81. The summed E-state index contributed by atoms with van der Waals surface area (Å²) in [6.07, 6.45) is 1.54. The van der Waals surface area contributed by atoms with Gasteiger partial charge in [-0.25, -0.2) is 0 Å². The first-order valence-corrected chi connectivity index (χ1v) is 6.45. The highest BCUT2D eigenvalue weighted by atomic mass is 16.5. The van der Waals surface area contributed by atoms with Crippen molar-refractivity contribution in [2.75, 3.05) is 14.2 Å². The van der Waals surface area contributed by atoms with Gasteiger partial charge in [0.2, 0.25) is 0 Å². The van der Waals surface area contributed by atoms with Gasteiger partial charge in [-0.3, -0.25) is 0 Å². The van der Waals surface area contributed by atoms with Crippen molar-refractivity contribution in [1.82, 2.24) is 0 Å². The number of ether oxygens (including phenoxy) is 2. The van der Waals surface area contributed by atoms with Crippen molar-refractivity contribution in [3.05, 3.63) is 47.5 Å². The number of methoxy groups -OCH3 is 2. The Balaban J connectivity index is 2.48. The minimum Gasteiger partial charge on any atom is -0.508 e. The molecule has 5 nitrogen and oxygen atoms in total. The fourth-order valence-electron chi connectivity index (χ4n) is 1.99. The van der Waals surface area contributed by atoms with Crippen molar-refractivity contribution in [2.24, 2.45) is 0 Å². The average Bonchev–Trinajstić information content (AvgIpc) is 2.53. The van der Waals surface area contributed by atoms with Crippen LogP contribution < -0.4 is 9.47 Å². The molecule has 0 aliphatic heterocycles. The van der Waals surface area contributed by atoms with Crippen LogP contribution in [0.1, 0.15) is 11.1 Å². The number of hydrogen-bond acceptors (Lipinski definition) is 5. The van der Waals surface area contributed by atoms with Crippen LogP contribution >= 0.6 is 0 Å². The van der Waals surface area contributed by atoms with E-state index in [4.69, 9.17) is 9.47 Å². The van der Waals surface area contributed by atoms with Gasteiger partial charge in [0.1, 0.15) is 11.5 Å². The molecule has 0 aromatic heterocycles. The third-order valence-corrected chi connectivity index (χ3v) is 3.13. The lowest BCUT2D eigenvalue weighted by atomic mass is 10.0. The van der Waals surface area contributed by atoms with Gasteiger partial charge in [-0.2, -0.15) is 5.26 Å². The van der Waals surface area contributed by atoms with E-state index in [0.717, 1.165) is 0 Å². The Hall–Kier alpha value is -3.13. The Morgan fingerprint density at radius 1 is 1.05 bits per heavy atom. The molecule has 0 radical (unpaired) electrons. The maximum atomic E-state index is 9.81. The van der Waals surface area contributed by atoms with Gasteiger partial charge in [0.05, 0.1) is 25.9 Å². The number of nitrogens with zero attached hydrogens (tertiary/aromatic N) is 1. The first-order chi connectivity index (χ1) is 10.6. The number of phenols is 2. The second-order valence-corrected chi connectivity index (χ2v) is 4.48. The predicted molar refractivity (Wildman–Crippen MR) is 82.8 cm³/mol. The standard InChI is InChI=1S/C17H15NO4/c1-21-16-6-4-11(8-17(16)22-2)13(10-18)7-12-3-5-14(19)9-15(12)20/h3-9,19-20H,1-2H3. The van der Waals surface area contributed by atoms with E-state index >= 15 is 0 Å². The lowest BCUT2D eigenvalue weighted by Crippen LogP contribution is -1.92. The maximum Gasteiger partial charge on any atom is 0.161 e. The second kappa shape index (κ2) is 6.55. The van der Waals surface area contributed by atoms with E-state index in [1.165, 1.54) is 38.5 Å². The van der Waals surface area contributed by atoms with E-state index in [0.29, 0.717) is 28.2 Å². The Labute approximate surface area is 128 Å². The number of nitriles is 1. The van der Waals surface area contributed by atoms with Crippen LogP contribution in [0.25, 0.3) is 11.6 Å². The van der Waals surface area contributed by atoms with E-state index in [9.17, 15) is 15.5 Å². The quantitative estimate of drug-likeness (QED) is 0.669. The van der Waals surface area contributed by atoms with E-state index in [-0.39, 0.29) is 11.5 Å². The van der Waals surface area contributed by atoms with Crippen LogP contribution in [-0.4, -0.2) is 24.4 Å². The molecule has 0 atom stereocenters. The number of rotatable bonds is 4. The molecule has 0 aliphatic rings. The number of hydrogen-bond donors (Lipinski definition) is 2. The van der Waals surface area contributed by atoms with Crippen LogP contribution in [0.4, 0.5) is 0 Å². The Morgan fingerprint density at radius 3 is 2.36 bits per heavy atom. The van der Waals surface area contributed by atoms with Crippen LogP contribution in [0.5, 0.6) is 23.0 Å². The van der Waals surface area contributed by atoms with E-state index in [1.807, 2.05) is 0 Å². The minimum atomic E-state index is -0.103. The molecular formula is C17H15NO4. The molecule has 0 aliphatic carbocycles. The summed E-state index contributed by atoms with van der Waals surface area (Å²) in [7, 11) is 3.05. The van der Waals surface area contributed by atoms with Crippen molar-refractivity contribution >= 4 is 11.6 Å². The first kappa shape index (κ1) is 15.3. The van der Waals surface area contributed by atoms with Crippen molar-refractivity contribution in [3.8, 4) is 29.1 Å². The van der Waals surface area contributed by atoms with E-state index in [1.54, 1.807) is 18.2 Å². The Bertz CT molecular complexity index is 760. The second-order valence-electron chi connectivity index (χ2n) is 4.48. The number of phenolic OH excluding ortho intramolecular Hbond substituents is 2. The van der Waals surface area contributed by atoms with Crippen LogP contribution in [0.2, 0.25) is 0 Å². The van der Waals surface area contributed by atoms with Crippen molar-refractivity contribution in [2.45, 2.75) is 0 Å². The van der Waals surface area contributed by atoms with Gasteiger partial charge in [-0.15, -0.1) is 0 Å². The monoisotopic (exact) mass is 297 g/mol. The Kier molecular flexibility index (Phi) is 4.54. The summed E-state index contributed by atoms with van der Waals surface area (Å²) >= 11 is 0. The zero-order valence-corrected chi connectivity index (χ0v) is 12.2. The summed E-state index contributed by atoms with van der Waals surface area (Å²) in [5.74, 6) is 0.930. The summed E-state index contributed by atoms with van der Waals surface area (Å²) in [6, 6.07) is 11.4. The van der Waals surface area contributed by atoms with E-state index < -0.39 is 0 Å². The van der Waals surface area contributed by atoms with Gasteiger partial charge < -0.3 is 19.7 Å². The highest BCUT2D eigenvalue weighted by molar-refractivity contribution is 5.91. The molecule has 2 aromatic carbocycles. The van der Waals surface area contributed by atoms with Crippen molar-refractivity contribution in [3.63, 3.8) is 0 Å². The van der Waals surface area contributed by atoms with Crippen molar-refractivity contribution < 1.29 is 19.7 Å². The molecule has 0 saturated carbocycles. The lowest BCUT2D eigenvalue weighted by Gasteiger charge is -2.09. The molecule has 22 heavy (non-hydrogen) atoms. The van der Waals surface area contributed by atoms with Gasteiger partial charge in [0, 0.05) is 11.6 Å². The molecule has 112 valence electrons. The summed E-state index contributed by atoms with van der Waals surface area (Å²) in [5.41, 5.74) is 1.42. The van der Waals surface area contributed by atoms with Gasteiger partial charge in [0.25, 0.3) is 0 Å². The fourth-order valence-corrected chi connectivity index (χ4v) is 1.99. The number of aromatic hydroxyl groups is 2. The largest absolute Gasteiger partial charge is 0.508 e. The predicted octanol–water partition coefficient (Wildman–Crippen LogP) is 3.18. The molecule has 0 amide bonds. The smallest absolute Gasteiger partial charge is 0.161 e. The third kappa shape index (κ3) is 3.13. The van der Waals surface area contributed by atoms with Crippen LogP contribution in [0.3, 0.4) is 0 Å². The molecule has 5 heteroatoms. The summed E-state index contributed by atoms with van der Waals surface area (Å²) in [5, 5.41) is 28.5. The van der Waals surface area contributed by atoms with E-state index in [2.05, 4.69) is 6.07 Å². The Morgan fingerprint density at radius 2 is 1.77 bits per heavy atom. The summed E-state index contributed by atoms with van der Waals surface area (Å²) in [4.78, 5) is 0. The molecule has 0 heterocycles. The first-order valence-electron chi connectivity index (χ1n) is 6.45. The molecule has 2 rings (SSSR count). The molecule has 0 fully saturated rings. The lowest BCUT2D eigenvalue weighted by molar-refractivity contribution is 0.355. The minimum absolute atomic E-state index is 0.0423. The molecule has 2 N–H and O–H groups in total. The average molecular weight is 297 g/mol. The summed E-state index contributed by atoms with van der Waals surface area (Å²) < 4.78 is 10.4. The van der Waals surface area contributed by atoms with Gasteiger partial charge in [0.15, 0.2) is 11.5 Å². The summed E-state index contributed by atoms with van der Waals surface area (Å²) in [6.45, 7) is 0. The van der Waals surface area contributed by atoms with Gasteiger partial charge in [-0.1, -0.05) is 0 Å². The fraction of sp³-hybridized carbons (Fsp3) is 0.118. The zero-order chi connectivity index (χ0) is 16.1. The zero-order valence-electron chi connectivity index (χ0n) is 12.2. The molecule has 0 unspecified atom stereocenters. The van der Waals surface area contributed by atoms with Crippen molar-refractivity contribution in [1.29, 1.82) is 5.26 Å². The normalized spacial score (nSPS) is 10.9.